The summed E-state index contributed by atoms with van der Waals surface area (Å²) in [7, 11) is 0. The Bertz CT molecular complexity index is 1820. The number of fused-ring (bicyclic) bond motifs is 2. The molecular weight excluding hydrogens is 674 g/mol. The van der Waals surface area contributed by atoms with Crippen molar-refractivity contribution in [3.8, 4) is 0 Å². The Morgan fingerprint density at radius 2 is 1.60 bits per heavy atom. The molecule has 0 saturated carbocycles. The van der Waals surface area contributed by atoms with E-state index in [1.165, 1.54) is 24.3 Å². The zero-order valence-electron chi connectivity index (χ0n) is 21.6. The highest BCUT2D eigenvalue weighted by molar-refractivity contribution is 9.10. The molecule has 220 valence electrons. The summed E-state index contributed by atoms with van der Waals surface area (Å²) < 4.78 is 55.9. The molecule has 0 spiro atoms. The Morgan fingerprint density at radius 1 is 0.930 bits per heavy atom. The maximum absolute atomic E-state index is 13.8. The number of thiazole rings is 1. The van der Waals surface area contributed by atoms with Crippen LogP contribution in [0.25, 0.3) is 0 Å². The van der Waals surface area contributed by atoms with Gasteiger partial charge in [0.05, 0.1) is 27.9 Å². The zero-order valence-corrected chi connectivity index (χ0v) is 24.8. The van der Waals surface area contributed by atoms with E-state index in [2.05, 4.69) is 21.2 Å². The number of para-hydroxylation sites is 1. The van der Waals surface area contributed by atoms with Gasteiger partial charge in [-0.2, -0.15) is 13.2 Å². The van der Waals surface area contributed by atoms with E-state index >= 15 is 0 Å². The summed E-state index contributed by atoms with van der Waals surface area (Å²) in [6, 6.07) is 16.5. The molecule has 3 atom stereocenters. The summed E-state index contributed by atoms with van der Waals surface area (Å²) in [5, 5.41) is 1.55. The zero-order chi connectivity index (χ0) is 30.6. The molecule has 1 fully saturated rings. The molecule has 0 aliphatic carbocycles. The topological polar surface area (TPSA) is 88.5 Å². The predicted molar refractivity (Wildman–Crippen MR) is 157 cm³/mol. The van der Waals surface area contributed by atoms with Crippen LogP contribution in [0.4, 0.5) is 28.9 Å². The van der Waals surface area contributed by atoms with Crippen LogP contribution in [0.15, 0.2) is 87.1 Å². The molecule has 4 aromatic rings. The summed E-state index contributed by atoms with van der Waals surface area (Å²) >= 11 is 5.16. The van der Waals surface area contributed by atoms with Gasteiger partial charge in [0.1, 0.15) is 17.6 Å². The van der Waals surface area contributed by atoms with Crippen molar-refractivity contribution in [2.75, 3.05) is 10.2 Å². The van der Waals surface area contributed by atoms with Crippen LogP contribution in [0.3, 0.4) is 0 Å². The number of nitrogens with zero attached hydrogens (tertiary/aromatic N) is 2. The number of carbonyl (C=O) groups excluding carboxylic acids is 3. The number of amides is 3. The van der Waals surface area contributed by atoms with E-state index in [9.17, 15) is 36.7 Å². The van der Waals surface area contributed by atoms with E-state index in [0.29, 0.717) is 10.4 Å². The normalized spacial score (nSPS) is 19.7. The number of nitrogens with one attached hydrogen (secondary N) is 1. The molecule has 2 unspecified atom stereocenters. The van der Waals surface area contributed by atoms with Crippen LogP contribution in [0.1, 0.15) is 21.9 Å². The molecule has 3 heterocycles. The molecule has 1 N–H and O–H groups in total. The SMILES string of the molecule is O=C(Cn1c2c(sc1=O)[C@H](c1ccc(Br)cc1)C1C(=O)N(c3ccc(F)cc3)C(=O)C1S2)Nc1ccccc1C(F)(F)F. The van der Waals surface area contributed by atoms with Crippen LogP contribution in [0.2, 0.25) is 0 Å². The average Bonchev–Trinajstić information content (AvgIpc) is 3.40. The third-order valence-corrected chi connectivity index (χ3v) is 10.3. The van der Waals surface area contributed by atoms with Crippen molar-refractivity contribution in [2.45, 2.75) is 28.9 Å². The number of alkyl halides is 3. The van der Waals surface area contributed by atoms with Crippen molar-refractivity contribution in [3.05, 3.63) is 109 Å². The van der Waals surface area contributed by atoms with Crippen molar-refractivity contribution < 1.29 is 31.9 Å². The second-order valence-corrected chi connectivity index (χ2v) is 12.8. The summed E-state index contributed by atoms with van der Waals surface area (Å²) in [6.45, 7) is -0.613. The number of anilines is 2. The van der Waals surface area contributed by atoms with E-state index in [-0.39, 0.29) is 10.7 Å². The van der Waals surface area contributed by atoms with E-state index in [0.717, 1.165) is 61.3 Å². The van der Waals surface area contributed by atoms with Gasteiger partial charge in [-0.1, -0.05) is 63.3 Å². The van der Waals surface area contributed by atoms with Crippen molar-refractivity contribution in [2.24, 2.45) is 5.92 Å². The minimum atomic E-state index is -4.71. The number of aromatic nitrogens is 1. The number of imide groups is 1. The van der Waals surface area contributed by atoms with Gasteiger partial charge in [-0.15, -0.1) is 0 Å². The van der Waals surface area contributed by atoms with Gasteiger partial charge in [0, 0.05) is 15.3 Å². The van der Waals surface area contributed by atoms with Crippen LogP contribution in [0, 0.1) is 11.7 Å². The molecule has 3 aromatic carbocycles. The lowest BCUT2D eigenvalue weighted by molar-refractivity contribution is -0.137. The molecule has 14 heteroatoms. The minimum Gasteiger partial charge on any atom is -0.324 e. The first-order valence-corrected chi connectivity index (χ1v) is 15.2. The number of benzene rings is 3. The summed E-state index contributed by atoms with van der Waals surface area (Å²) in [4.78, 5) is 54.7. The van der Waals surface area contributed by atoms with Gasteiger partial charge in [-0.05, 0) is 54.1 Å². The second-order valence-electron chi connectivity index (χ2n) is 9.80. The van der Waals surface area contributed by atoms with Crippen LogP contribution in [0.5, 0.6) is 0 Å². The molecule has 2 aliphatic rings. The van der Waals surface area contributed by atoms with Gasteiger partial charge < -0.3 is 5.32 Å². The van der Waals surface area contributed by atoms with Gasteiger partial charge in [-0.25, -0.2) is 9.29 Å². The van der Waals surface area contributed by atoms with Gasteiger partial charge in [0.25, 0.3) is 0 Å². The third-order valence-electron chi connectivity index (χ3n) is 7.17. The molecule has 2 aliphatic heterocycles. The Balaban J connectivity index is 1.39. The van der Waals surface area contributed by atoms with E-state index < -0.39 is 69.5 Å². The average molecular weight is 693 g/mol. The highest BCUT2D eigenvalue weighted by Crippen LogP contribution is 2.54. The van der Waals surface area contributed by atoms with Crippen molar-refractivity contribution >= 4 is 68.1 Å². The molecule has 43 heavy (non-hydrogen) atoms. The van der Waals surface area contributed by atoms with Crippen LogP contribution in [-0.2, 0) is 27.1 Å². The molecule has 7 nitrogen and oxygen atoms in total. The third kappa shape index (κ3) is 5.31. The van der Waals surface area contributed by atoms with Crippen LogP contribution >= 0.6 is 39.0 Å². The first kappa shape index (κ1) is 29.3. The van der Waals surface area contributed by atoms with Crippen LogP contribution < -0.4 is 15.1 Å². The number of rotatable bonds is 5. The summed E-state index contributed by atoms with van der Waals surface area (Å²) in [5.74, 6) is -4.12. The van der Waals surface area contributed by atoms with Gasteiger partial charge in [-0.3, -0.25) is 23.7 Å². The fraction of sp³-hybridized carbons (Fsp3) is 0.172. The maximum atomic E-state index is 13.8. The van der Waals surface area contributed by atoms with Gasteiger partial charge >= 0.3 is 11.0 Å². The Hall–Kier alpha value is -3.75. The molecular formula is C29H18BrF4N3O4S2. The highest BCUT2D eigenvalue weighted by atomic mass is 79.9. The second kappa shape index (κ2) is 11.1. The Labute approximate surface area is 257 Å². The molecule has 0 radical (unpaired) electrons. The van der Waals surface area contributed by atoms with Crippen molar-refractivity contribution in [1.82, 2.24) is 4.57 Å². The molecule has 6 rings (SSSR count). The standard InChI is InChI=1S/C29H18BrF4N3O4S2/c30-15-7-5-14(6-8-15)21-22-23(26(40)37(25(22)39)17-11-9-16(31)10-12-17)42-27-24(21)43-28(41)36(27)13-20(38)35-19-4-2-1-3-18(19)29(32,33)34/h1-12,21-23H,13H2,(H,35,38)/t21-,22?,23?/m1/s1. The van der Waals surface area contributed by atoms with Crippen LogP contribution in [-0.4, -0.2) is 27.5 Å². The first-order valence-electron chi connectivity index (χ1n) is 12.7. The Morgan fingerprint density at radius 3 is 2.28 bits per heavy atom. The first-order chi connectivity index (χ1) is 20.4. The lowest BCUT2D eigenvalue weighted by Gasteiger charge is -2.30. The molecule has 3 amide bonds. The quantitative estimate of drug-likeness (QED) is 0.197. The number of hydrogen-bond donors (Lipinski definition) is 1. The van der Waals surface area contributed by atoms with Crippen molar-refractivity contribution in [3.63, 3.8) is 0 Å². The fourth-order valence-corrected chi connectivity index (χ4v) is 8.34. The number of thioether (sulfide) groups is 1. The highest BCUT2D eigenvalue weighted by Gasteiger charge is 2.56. The monoisotopic (exact) mass is 691 g/mol. The molecule has 1 aromatic heterocycles. The summed E-state index contributed by atoms with van der Waals surface area (Å²) in [6.07, 6.45) is -4.71. The fourth-order valence-electron chi connectivity index (χ4n) is 5.30. The van der Waals surface area contributed by atoms with Gasteiger partial charge in [0.15, 0.2) is 0 Å². The summed E-state index contributed by atoms with van der Waals surface area (Å²) in [5.41, 5.74) is -0.640. The lowest BCUT2D eigenvalue weighted by Crippen LogP contribution is -2.33. The molecule has 1 saturated heterocycles. The smallest absolute Gasteiger partial charge is 0.324 e. The van der Waals surface area contributed by atoms with Crippen molar-refractivity contribution in [1.29, 1.82) is 0 Å². The number of hydrogen-bond acceptors (Lipinski definition) is 6. The minimum absolute atomic E-state index is 0.199. The predicted octanol–water partition coefficient (Wildman–Crippen LogP) is 6.26. The number of carbonyl (C=O) groups is 3. The maximum Gasteiger partial charge on any atom is 0.418 e. The van der Waals surface area contributed by atoms with E-state index in [4.69, 9.17) is 0 Å². The van der Waals surface area contributed by atoms with Gasteiger partial charge in [0.2, 0.25) is 17.7 Å². The van der Waals surface area contributed by atoms with E-state index in [1.54, 1.807) is 24.3 Å². The lowest BCUT2D eigenvalue weighted by atomic mass is 9.83. The Kier molecular flexibility index (Phi) is 7.55. The molecule has 0 bridgehead atoms. The number of halogens is 5. The largest absolute Gasteiger partial charge is 0.418 e. The van der Waals surface area contributed by atoms with E-state index in [1.807, 2.05) is 0 Å².